The minimum absolute atomic E-state index is 0. The van der Waals surface area contributed by atoms with Gasteiger partial charge in [0, 0.05) is 26.2 Å². The van der Waals surface area contributed by atoms with E-state index < -0.39 is 10.0 Å². The van der Waals surface area contributed by atoms with Crippen LogP contribution in [0.1, 0.15) is 52.0 Å². The van der Waals surface area contributed by atoms with Crippen LogP contribution in [0.4, 0.5) is 0 Å². The molecule has 1 aromatic carbocycles. The molecule has 0 spiro atoms. The van der Waals surface area contributed by atoms with Gasteiger partial charge in [-0.25, -0.2) is 13.4 Å². The number of nitrogens with zero attached hydrogens (tertiary/aromatic N) is 2. The van der Waals surface area contributed by atoms with Crippen molar-refractivity contribution < 1.29 is 8.42 Å². The van der Waals surface area contributed by atoms with Crippen molar-refractivity contribution in [2.24, 2.45) is 10.9 Å². The molecule has 0 unspecified atom stereocenters. The molecule has 0 aliphatic carbocycles. The second kappa shape index (κ2) is 12.6. The molecule has 1 aliphatic heterocycles. The first kappa shape index (κ1) is 25.2. The monoisotopic (exact) mass is 522 g/mol. The van der Waals surface area contributed by atoms with Gasteiger partial charge in [-0.2, -0.15) is 4.31 Å². The van der Waals surface area contributed by atoms with Gasteiger partial charge < -0.3 is 10.6 Å². The van der Waals surface area contributed by atoms with E-state index in [4.69, 9.17) is 0 Å². The number of guanidine groups is 1. The summed E-state index contributed by atoms with van der Waals surface area (Å²) >= 11 is 0. The minimum atomic E-state index is -3.40. The summed E-state index contributed by atoms with van der Waals surface area (Å²) in [5, 5.41) is 6.57. The molecule has 2 rings (SSSR count). The van der Waals surface area contributed by atoms with Gasteiger partial charge in [0.1, 0.15) is 0 Å². The number of nitrogens with one attached hydrogen (secondary N) is 2. The smallest absolute Gasteiger partial charge is 0.243 e. The topological polar surface area (TPSA) is 73.8 Å². The van der Waals surface area contributed by atoms with Gasteiger partial charge in [-0.3, -0.25) is 0 Å². The highest BCUT2D eigenvalue weighted by Crippen LogP contribution is 2.21. The zero-order chi connectivity index (χ0) is 19.7. The van der Waals surface area contributed by atoms with E-state index in [9.17, 15) is 8.42 Å². The zero-order valence-electron chi connectivity index (χ0n) is 17.3. The molecule has 28 heavy (non-hydrogen) atoms. The first-order valence-electron chi connectivity index (χ1n) is 10.0. The van der Waals surface area contributed by atoms with Gasteiger partial charge in [0.15, 0.2) is 5.96 Å². The molecule has 160 valence electrons. The summed E-state index contributed by atoms with van der Waals surface area (Å²) < 4.78 is 27.3. The Morgan fingerprint density at radius 1 is 1.18 bits per heavy atom. The van der Waals surface area contributed by atoms with Gasteiger partial charge in [0.05, 0.1) is 11.4 Å². The third kappa shape index (κ3) is 7.87. The average molecular weight is 522 g/mol. The molecule has 0 amide bonds. The van der Waals surface area contributed by atoms with Gasteiger partial charge >= 0.3 is 0 Å². The average Bonchev–Trinajstić information content (AvgIpc) is 2.67. The normalized spacial score (nSPS) is 15.9. The maximum atomic E-state index is 12.9. The highest BCUT2D eigenvalue weighted by Gasteiger charge is 2.25. The van der Waals surface area contributed by atoms with E-state index in [0.29, 0.717) is 30.4 Å². The molecule has 2 N–H and O–H groups in total. The molecular weight excluding hydrogens is 487 g/mol. The molecular formula is C20H35IN4O2S. The van der Waals surface area contributed by atoms with E-state index in [2.05, 4.69) is 29.5 Å². The quantitative estimate of drug-likeness (QED) is 0.311. The summed E-state index contributed by atoms with van der Waals surface area (Å²) in [5.74, 6) is 1.40. The number of rotatable bonds is 8. The van der Waals surface area contributed by atoms with Crippen LogP contribution in [-0.4, -0.2) is 44.9 Å². The van der Waals surface area contributed by atoms with Crippen molar-refractivity contribution in [3.8, 4) is 0 Å². The van der Waals surface area contributed by atoms with Crippen molar-refractivity contribution in [3.63, 3.8) is 0 Å². The second-order valence-electron chi connectivity index (χ2n) is 7.42. The maximum absolute atomic E-state index is 12.9. The number of hydrogen-bond donors (Lipinski definition) is 2. The van der Waals surface area contributed by atoms with Crippen LogP contribution in [0.5, 0.6) is 0 Å². The SMILES string of the molecule is CCNC(=NCc1cccc(S(=O)(=O)N2CCCCC2)c1)NCCC(C)C.I. The van der Waals surface area contributed by atoms with Crippen LogP contribution >= 0.6 is 24.0 Å². The molecule has 1 aliphatic rings. The molecule has 0 bridgehead atoms. The Balaban J connectivity index is 0.00000392. The molecule has 1 heterocycles. The lowest BCUT2D eigenvalue weighted by Crippen LogP contribution is -2.38. The Morgan fingerprint density at radius 2 is 1.89 bits per heavy atom. The van der Waals surface area contributed by atoms with E-state index in [-0.39, 0.29) is 24.0 Å². The molecule has 1 aromatic rings. The van der Waals surface area contributed by atoms with E-state index in [0.717, 1.165) is 50.3 Å². The predicted octanol–water partition coefficient (Wildman–Crippen LogP) is 3.58. The summed E-state index contributed by atoms with van der Waals surface area (Å²) in [5.41, 5.74) is 0.897. The van der Waals surface area contributed by atoms with Crippen molar-refractivity contribution in [1.82, 2.24) is 14.9 Å². The Morgan fingerprint density at radius 3 is 2.54 bits per heavy atom. The highest BCUT2D eigenvalue weighted by molar-refractivity contribution is 14.0. The summed E-state index contributed by atoms with van der Waals surface area (Å²) in [4.78, 5) is 4.97. The molecule has 1 fully saturated rings. The number of piperidine rings is 1. The first-order chi connectivity index (χ1) is 12.9. The summed E-state index contributed by atoms with van der Waals surface area (Å²) in [6.45, 7) is 9.76. The lowest BCUT2D eigenvalue weighted by atomic mass is 10.1. The largest absolute Gasteiger partial charge is 0.357 e. The van der Waals surface area contributed by atoms with Crippen molar-refractivity contribution in [1.29, 1.82) is 0 Å². The molecule has 0 atom stereocenters. The number of aliphatic imine (C=N–C) groups is 1. The number of halogens is 1. The Hall–Kier alpha value is -0.870. The molecule has 0 saturated carbocycles. The van der Waals surface area contributed by atoms with Crippen LogP contribution < -0.4 is 10.6 Å². The second-order valence-corrected chi connectivity index (χ2v) is 9.35. The van der Waals surface area contributed by atoms with Crippen LogP contribution in [0, 0.1) is 5.92 Å². The fraction of sp³-hybridized carbons (Fsp3) is 0.650. The predicted molar refractivity (Wildman–Crippen MR) is 127 cm³/mol. The van der Waals surface area contributed by atoms with Gasteiger partial charge in [-0.15, -0.1) is 24.0 Å². The number of benzene rings is 1. The standard InChI is InChI=1S/C20H34N4O2S.HI/c1-4-21-20(22-12-11-17(2)3)23-16-18-9-8-10-19(15-18)27(25,26)24-13-6-5-7-14-24;/h8-10,15,17H,4-7,11-14,16H2,1-3H3,(H2,21,22,23);1H. The van der Waals surface area contributed by atoms with Crippen LogP contribution in [0.25, 0.3) is 0 Å². The summed E-state index contributed by atoms with van der Waals surface area (Å²) in [6, 6.07) is 7.17. The Labute approximate surface area is 187 Å². The van der Waals surface area contributed by atoms with Crippen LogP contribution in [0.2, 0.25) is 0 Å². The number of sulfonamides is 1. The van der Waals surface area contributed by atoms with E-state index >= 15 is 0 Å². The van der Waals surface area contributed by atoms with Crippen LogP contribution in [-0.2, 0) is 16.6 Å². The fourth-order valence-corrected chi connectivity index (χ4v) is 4.64. The molecule has 8 heteroatoms. The highest BCUT2D eigenvalue weighted by atomic mass is 127. The Bertz CT molecular complexity index is 717. The number of hydrogen-bond acceptors (Lipinski definition) is 3. The lowest BCUT2D eigenvalue weighted by Gasteiger charge is -2.26. The van der Waals surface area contributed by atoms with Gasteiger partial charge in [0.2, 0.25) is 10.0 Å². The third-order valence-corrected chi connectivity index (χ3v) is 6.52. The third-order valence-electron chi connectivity index (χ3n) is 4.63. The zero-order valence-corrected chi connectivity index (χ0v) is 20.4. The summed E-state index contributed by atoms with van der Waals surface area (Å²) in [7, 11) is -3.40. The van der Waals surface area contributed by atoms with Gasteiger partial charge in [-0.05, 0) is 49.8 Å². The van der Waals surface area contributed by atoms with Crippen LogP contribution in [0.3, 0.4) is 0 Å². The van der Waals surface area contributed by atoms with E-state index in [1.807, 2.05) is 13.0 Å². The van der Waals surface area contributed by atoms with E-state index in [1.165, 1.54) is 0 Å². The van der Waals surface area contributed by atoms with Gasteiger partial charge in [-0.1, -0.05) is 32.4 Å². The van der Waals surface area contributed by atoms with Crippen molar-refractivity contribution >= 4 is 40.0 Å². The fourth-order valence-electron chi connectivity index (χ4n) is 3.05. The minimum Gasteiger partial charge on any atom is -0.357 e. The van der Waals surface area contributed by atoms with Crippen molar-refractivity contribution in [2.45, 2.75) is 57.9 Å². The molecule has 6 nitrogen and oxygen atoms in total. The van der Waals surface area contributed by atoms with Gasteiger partial charge in [0.25, 0.3) is 0 Å². The lowest BCUT2D eigenvalue weighted by molar-refractivity contribution is 0.346. The van der Waals surface area contributed by atoms with Crippen molar-refractivity contribution in [2.75, 3.05) is 26.2 Å². The molecule has 0 aromatic heterocycles. The molecule has 0 radical (unpaired) electrons. The van der Waals surface area contributed by atoms with E-state index in [1.54, 1.807) is 22.5 Å². The molecule has 1 saturated heterocycles. The van der Waals surface area contributed by atoms with Crippen molar-refractivity contribution in [3.05, 3.63) is 29.8 Å². The Kier molecular flexibility index (Phi) is 11.4. The summed E-state index contributed by atoms with van der Waals surface area (Å²) in [6.07, 6.45) is 4.07. The first-order valence-corrected chi connectivity index (χ1v) is 11.5. The van der Waals surface area contributed by atoms with Crippen LogP contribution in [0.15, 0.2) is 34.2 Å². The maximum Gasteiger partial charge on any atom is 0.243 e.